The normalized spacial score (nSPS) is 29.1. The Morgan fingerprint density at radius 1 is 1.37 bits per heavy atom. The second-order valence-corrected chi connectivity index (χ2v) is 5.63. The highest BCUT2D eigenvalue weighted by molar-refractivity contribution is 5.49. The fourth-order valence-corrected chi connectivity index (χ4v) is 3.54. The lowest BCUT2D eigenvalue weighted by Crippen LogP contribution is -2.51. The Bertz CT molecular complexity index is 432. The Morgan fingerprint density at radius 3 is 3.05 bits per heavy atom. The van der Waals surface area contributed by atoms with Crippen LogP contribution in [0.4, 0.5) is 0 Å². The minimum atomic E-state index is 0.439. The number of ether oxygens (including phenoxy) is 2. The molecule has 0 aliphatic carbocycles. The van der Waals surface area contributed by atoms with Gasteiger partial charge in [0.05, 0.1) is 7.11 Å². The monoisotopic (exact) mass is 261 g/mol. The van der Waals surface area contributed by atoms with Crippen molar-refractivity contribution in [1.29, 1.82) is 0 Å². The van der Waals surface area contributed by atoms with E-state index in [-0.39, 0.29) is 0 Å². The fourth-order valence-electron chi connectivity index (χ4n) is 3.54. The van der Waals surface area contributed by atoms with E-state index in [4.69, 9.17) is 9.47 Å². The minimum Gasteiger partial charge on any atom is -0.496 e. The molecule has 0 amide bonds. The summed E-state index contributed by atoms with van der Waals surface area (Å²) in [7, 11) is 1.75. The molecular weight excluding hydrogens is 238 g/mol. The maximum Gasteiger partial charge on any atom is 0.126 e. The molecule has 104 valence electrons. The van der Waals surface area contributed by atoms with Gasteiger partial charge in [0.15, 0.2) is 0 Å². The van der Waals surface area contributed by atoms with Crippen molar-refractivity contribution in [1.82, 2.24) is 5.32 Å². The van der Waals surface area contributed by atoms with E-state index in [1.165, 1.54) is 31.2 Å². The maximum absolute atomic E-state index is 5.92. The van der Waals surface area contributed by atoms with Gasteiger partial charge in [0, 0.05) is 23.6 Å². The summed E-state index contributed by atoms with van der Waals surface area (Å²) in [4.78, 5) is 0. The number of piperidine rings is 1. The molecule has 0 spiro atoms. The zero-order chi connectivity index (χ0) is 13.2. The summed E-state index contributed by atoms with van der Waals surface area (Å²) in [5.74, 6) is 2.52. The molecule has 0 radical (unpaired) electrons. The largest absolute Gasteiger partial charge is 0.496 e. The van der Waals surface area contributed by atoms with Crippen molar-refractivity contribution in [3.05, 3.63) is 23.8 Å². The lowest BCUT2D eigenvalue weighted by atomic mass is 9.79. The van der Waals surface area contributed by atoms with Crippen LogP contribution in [0.1, 0.15) is 44.1 Å². The molecule has 0 saturated carbocycles. The van der Waals surface area contributed by atoms with Gasteiger partial charge in [-0.3, -0.25) is 0 Å². The van der Waals surface area contributed by atoms with Gasteiger partial charge in [-0.05, 0) is 31.4 Å². The second-order valence-electron chi connectivity index (χ2n) is 5.63. The van der Waals surface area contributed by atoms with Crippen LogP contribution < -0.4 is 14.8 Å². The molecule has 3 rings (SSSR count). The Balaban J connectivity index is 1.86. The topological polar surface area (TPSA) is 30.5 Å². The average Bonchev–Trinajstić information content (AvgIpc) is 2.46. The predicted molar refractivity (Wildman–Crippen MR) is 76.1 cm³/mol. The van der Waals surface area contributed by atoms with E-state index < -0.39 is 0 Å². The van der Waals surface area contributed by atoms with Crippen molar-refractivity contribution >= 4 is 0 Å². The first-order chi connectivity index (χ1) is 9.33. The Kier molecular flexibility index (Phi) is 3.65. The third kappa shape index (κ3) is 2.32. The third-order valence-corrected chi connectivity index (χ3v) is 4.43. The fraction of sp³-hybridized carbons (Fsp3) is 0.625. The van der Waals surface area contributed by atoms with Gasteiger partial charge in [-0.2, -0.15) is 0 Å². The number of nitrogens with one attached hydrogen (secondary N) is 1. The molecule has 3 nitrogen and oxygen atoms in total. The van der Waals surface area contributed by atoms with Crippen LogP contribution in [0.3, 0.4) is 0 Å². The number of rotatable bonds is 3. The van der Waals surface area contributed by atoms with Crippen LogP contribution >= 0.6 is 0 Å². The Labute approximate surface area is 115 Å². The first-order valence-electron chi connectivity index (χ1n) is 7.39. The summed E-state index contributed by atoms with van der Waals surface area (Å²) in [6.45, 7) is 3.04. The molecule has 1 saturated heterocycles. The molecule has 1 N–H and O–H groups in total. The van der Waals surface area contributed by atoms with Crippen LogP contribution in [0, 0.1) is 0 Å². The van der Waals surface area contributed by atoms with Gasteiger partial charge in [0.25, 0.3) is 0 Å². The number of methoxy groups -OCH3 is 1. The van der Waals surface area contributed by atoms with Crippen LogP contribution in [0.2, 0.25) is 0 Å². The highest BCUT2D eigenvalue weighted by Crippen LogP contribution is 2.44. The van der Waals surface area contributed by atoms with E-state index in [9.17, 15) is 0 Å². The van der Waals surface area contributed by atoms with Crippen LogP contribution in [-0.2, 0) is 0 Å². The standard InChI is InChI=1S/C16H23NO2/c1-3-5-11-8-9-12-13(17-11)10-19-15-7-4-6-14(18-2)16(12)15/h4,6-7,11-13,17H,3,5,8-10H2,1-2H3/t11?,12-,13+/m0/s1. The molecule has 19 heavy (non-hydrogen) atoms. The average molecular weight is 261 g/mol. The first kappa shape index (κ1) is 12.8. The molecule has 0 aromatic heterocycles. The van der Waals surface area contributed by atoms with Gasteiger partial charge in [0.2, 0.25) is 0 Å². The predicted octanol–water partition coefficient (Wildman–Crippen LogP) is 3.09. The summed E-state index contributed by atoms with van der Waals surface area (Å²) >= 11 is 0. The molecule has 2 aliphatic heterocycles. The van der Waals surface area contributed by atoms with Gasteiger partial charge < -0.3 is 14.8 Å². The van der Waals surface area contributed by atoms with Gasteiger partial charge in [-0.25, -0.2) is 0 Å². The Hall–Kier alpha value is -1.22. The maximum atomic E-state index is 5.92. The second kappa shape index (κ2) is 5.41. The SMILES string of the molecule is CCCC1CC[C@@H]2c3c(OC)cccc3OC[C@H]2N1. The summed E-state index contributed by atoms with van der Waals surface area (Å²) in [5, 5.41) is 3.77. The lowest BCUT2D eigenvalue weighted by Gasteiger charge is -2.41. The molecule has 1 aromatic carbocycles. The molecular formula is C16H23NO2. The van der Waals surface area contributed by atoms with Crippen molar-refractivity contribution < 1.29 is 9.47 Å². The molecule has 2 heterocycles. The smallest absolute Gasteiger partial charge is 0.126 e. The molecule has 1 unspecified atom stereocenters. The zero-order valence-corrected chi connectivity index (χ0v) is 11.8. The van der Waals surface area contributed by atoms with Crippen molar-refractivity contribution in [2.45, 2.75) is 50.6 Å². The number of benzene rings is 1. The van der Waals surface area contributed by atoms with Crippen molar-refractivity contribution in [3.63, 3.8) is 0 Å². The third-order valence-electron chi connectivity index (χ3n) is 4.43. The van der Waals surface area contributed by atoms with Gasteiger partial charge in [-0.1, -0.05) is 19.4 Å². The van der Waals surface area contributed by atoms with E-state index >= 15 is 0 Å². The highest BCUT2D eigenvalue weighted by Gasteiger charge is 2.37. The number of hydrogen-bond acceptors (Lipinski definition) is 3. The van der Waals surface area contributed by atoms with E-state index in [1.54, 1.807) is 7.11 Å². The van der Waals surface area contributed by atoms with Crippen LogP contribution in [0.15, 0.2) is 18.2 Å². The van der Waals surface area contributed by atoms with Crippen LogP contribution in [0.25, 0.3) is 0 Å². The quantitative estimate of drug-likeness (QED) is 0.907. The summed E-state index contributed by atoms with van der Waals surface area (Å²) < 4.78 is 11.4. The van der Waals surface area contributed by atoms with E-state index in [0.717, 1.165) is 18.1 Å². The number of hydrogen-bond donors (Lipinski definition) is 1. The van der Waals surface area contributed by atoms with Gasteiger partial charge in [-0.15, -0.1) is 0 Å². The van der Waals surface area contributed by atoms with Crippen molar-refractivity contribution in [3.8, 4) is 11.5 Å². The first-order valence-corrected chi connectivity index (χ1v) is 7.39. The Morgan fingerprint density at radius 2 is 2.26 bits per heavy atom. The van der Waals surface area contributed by atoms with Gasteiger partial charge >= 0.3 is 0 Å². The molecule has 3 heteroatoms. The minimum absolute atomic E-state index is 0.439. The molecule has 3 atom stereocenters. The van der Waals surface area contributed by atoms with Gasteiger partial charge in [0.1, 0.15) is 18.1 Å². The molecule has 1 aromatic rings. The summed E-state index contributed by atoms with van der Waals surface area (Å²) in [6, 6.07) is 7.21. The zero-order valence-electron chi connectivity index (χ0n) is 11.8. The molecule has 0 bridgehead atoms. The van der Waals surface area contributed by atoms with E-state index in [2.05, 4.69) is 18.3 Å². The molecule has 2 aliphatic rings. The highest BCUT2D eigenvalue weighted by atomic mass is 16.5. The summed E-state index contributed by atoms with van der Waals surface area (Å²) in [5.41, 5.74) is 1.27. The van der Waals surface area contributed by atoms with E-state index in [1.807, 2.05) is 12.1 Å². The van der Waals surface area contributed by atoms with E-state index in [0.29, 0.717) is 18.0 Å². The lowest BCUT2D eigenvalue weighted by molar-refractivity contribution is 0.160. The molecule has 1 fully saturated rings. The van der Waals surface area contributed by atoms with Crippen molar-refractivity contribution in [2.24, 2.45) is 0 Å². The van der Waals surface area contributed by atoms with Crippen LogP contribution in [-0.4, -0.2) is 25.8 Å². The van der Waals surface area contributed by atoms with Crippen LogP contribution in [0.5, 0.6) is 11.5 Å². The van der Waals surface area contributed by atoms with Crippen molar-refractivity contribution in [2.75, 3.05) is 13.7 Å². The number of fused-ring (bicyclic) bond motifs is 3. The summed E-state index contributed by atoms with van der Waals surface area (Å²) in [6.07, 6.45) is 5.00.